The van der Waals surface area contributed by atoms with Crippen LogP contribution in [0, 0.1) is 3.57 Å². The van der Waals surface area contributed by atoms with Crippen LogP contribution in [0.2, 0.25) is 0 Å². The molecular formula is C14H21IN2. The molecule has 0 radical (unpaired) electrons. The highest BCUT2D eigenvalue weighted by Crippen LogP contribution is 2.19. The fraction of sp³-hybridized carbons (Fsp3) is 0.571. The molecule has 1 N–H and O–H groups in total. The van der Waals surface area contributed by atoms with Gasteiger partial charge in [0, 0.05) is 28.4 Å². The minimum Gasteiger partial charge on any atom is -0.370 e. The molecule has 0 aliphatic carbocycles. The second-order valence-electron chi connectivity index (χ2n) is 4.72. The van der Waals surface area contributed by atoms with Gasteiger partial charge in [0.05, 0.1) is 0 Å². The average molecular weight is 344 g/mol. The maximum atomic E-state index is 3.65. The molecule has 0 amide bonds. The van der Waals surface area contributed by atoms with Gasteiger partial charge in [-0.05, 0) is 66.2 Å². The first-order valence-electron chi connectivity index (χ1n) is 6.53. The molecule has 1 aliphatic rings. The Labute approximate surface area is 118 Å². The van der Waals surface area contributed by atoms with E-state index in [1.807, 2.05) is 0 Å². The van der Waals surface area contributed by atoms with Crippen molar-refractivity contribution in [1.82, 2.24) is 5.32 Å². The van der Waals surface area contributed by atoms with Crippen LogP contribution >= 0.6 is 22.6 Å². The molecule has 0 spiro atoms. The van der Waals surface area contributed by atoms with Gasteiger partial charge >= 0.3 is 0 Å². The lowest BCUT2D eigenvalue weighted by Crippen LogP contribution is -2.37. The lowest BCUT2D eigenvalue weighted by Gasteiger charge is -2.26. The van der Waals surface area contributed by atoms with E-state index in [1.165, 1.54) is 35.1 Å². The Morgan fingerprint density at radius 3 is 2.82 bits per heavy atom. The highest BCUT2D eigenvalue weighted by Gasteiger charge is 2.16. The van der Waals surface area contributed by atoms with Crippen LogP contribution in [-0.2, 0) is 0 Å². The van der Waals surface area contributed by atoms with Gasteiger partial charge in [0.15, 0.2) is 0 Å². The minimum atomic E-state index is 0.654. The molecule has 94 valence electrons. The van der Waals surface area contributed by atoms with Crippen molar-refractivity contribution in [2.75, 3.05) is 24.5 Å². The van der Waals surface area contributed by atoms with E-state index in [2.05, 4.69) is 64.0 Å². The number of anilines is 1. The molecule has 1 heterocycles. The van der Waals surface area contributed by atoms with Gasteiger partial charge in [-0.2, -0.15) is 0 Å². The van der Waals surface area contributed by atoms with Gasteiger partial charge < -0.3 is 10.2 Å². The van der Waals surface area contributed by atoms with E-state index < -0.39 is 0 Å². The zero-order chi connectivity index (χ0) is 12.1. The monoisotopic (exact) mass is 344 g/mol. The number of rotatable bonds is 3. The summed E-state index contributed by atoms with van der Waals surface area (Å²) in [7, 11) is 0. The van der Waals surface area contributed by atoms with E-state index >= 15 is 0 Å². The molecule has 1 unspecified atom stereocenters. The molecule has 3 heteroatoms. The Morgan fingerprint density at radius 2 is 2.12 bits per heavy atom. The lowest BCUT2D eigenvalue weighted by atomic mass is 10.1. The molecule has 0 aromatic heterocycles. The largest absolute Gasteiger partial charge is 0.370 e. The summed E-state index contributed by atoms with van der Waals surface area (Å²) in [5.74, 6) is 0. The summed E-state index contributed by atoms with van der Waals surface area (Å²) in [6.07, 6.45) is 3.78. The standard InChI is InChI=1S/C14H21IN2/c1-2-4-13-11-17(10-3-9-16-13)14-7-5-12(15)6-8-14/h5-8,13,16H,2-4,9-11H2,1H3. The fourth-order valence-corrected chi connectivity index (χ4v) is 2.79. The highest BCUT2D eigenvalue weighted by atomic mass is 127. The molecule has 1 aromatic carbocycles. The molecule has 1 saturated heterocycles. The summed E-state index contributed by atoms with van der Waals surface area (Å²) < 4.78 is 1.31. The molecule has 0 bridgehead atoms. The highest BCUT2D eigenvalue weighted by molar-refractivity contribution is 14.1. The van der Waals surface area contributed by atoms with E-state index in [1.54, 1.807) is 0 Å². The normalized spacial score (nSPS) is 21.3. The quantitative estimate of drug-likeness (QED) is 0.847. The number of hydrogen-bond donors (Lipinski definition) is 1. The first-order chi connectivity index (χ1) is 8.29. The Morgan fingerprint density at radius 1 is 1.35 bits per heavy atom. The van der Waals surface area contributed by atoms with Crippen molar-refractivity contribution in [1.29, 1.82) is 0 Å². The molecule has 2 rings (SSSR count). The van der Waals surface area contributed by atoms with Gasteiger partial charge in [-0.25, -0.2) is 0 Å². The molecule has 1 atom stereocenters. The van der Waals surface area contributed by atoms with Crippen molar-refractivity contribution >= 4 is 28.3 Å². The Bertz CT molecular complexity index is 337. The van der Waals surface area contributed by atoms with Gasteiger partial charge in [0.1, 0.15) is 0 Å². The second-order valence-corrected chi connectivity index (χ2v) is 5.96. The lowest BCUT2D eigenvalue weighted by molar-refractivity contribution is 0.502. The zero-order valence-electron chi connectivity index (χ0n) is 10.5. The average Bonchev–Trinajstić information content (AvgIpc) is 2.56. The summed E-state index contributed by atoms with van der Waals surface area (Å²) in [6.45, 7) is 5.75. The van der Waals surface area contributed by atoms with Crippen LogP contribution in [0.1, 0.15) is 26.2 Å². The van der Waals surface area contributed by atoms with Crippen LogP contribution in [0.4, 0.5) is 5.69 Å². The third-order valence-electron chi connectivity index (χ3n) is 3.31. The molecule has 1 aromatic rings. The second kappa shape index (κ2) is 6.59. The summed E-state index contributed by atoms with van der Waals surface area (Å²) in [4.78, 5) is 2.52. The van der Waals surface area contributed by atoms with Crippen LogP contribution in [0.25, 0.3) is 0 Å². The molecule has 17 heavy (non-hydrogen) atoms. The van der Waals surface area contributed by atoms with Crippen LogP contribution in [0.5, 0.6) is 0 Å². The first kappa shape index (κ1) is 13.1. The SMILES string of the molecule is CCCC1CN(c2ccc(I)cc2)CCCN1. The van der Waals surface area contributed by atoms with Gasteiger partial charge in [-0.1, -0.05) is 13.3 Å². The predicted octanol–water partition coefficient (Wildman–Crippen LogP) is 3.26. The predicted molar refractivity (Wildman–Crippen MR) is 82.7 cm³/mol. The van der Waals surface area contributed by atoms with Crippen molar-refractivity contribution in [3.63, 3.8) is 0 Å². The van der Waals surface area contributed by atoms with E-state index in [-0.39, 0.29) is 0 Å². The van der Waals surface area contributed by atoms with Gasteiger partial charge in [-0.15, -0.1) is 0 Å². The first-order valence-corrected chi connectivity index (χ1v) is 7.61. The Balaban J connectivity index is 2.05. The summed E-state index contributed by atoms with van der Waals surface area (Å²) in [5.41, 5.74) is 1.37. The van der Waals surface area contributed by atoms with Crippen LogP contribution < -0.4 is 10.2 Å². The fourth-order valence-electron chi connectivity index (χ4n) is 2.43. The molecule has 0 saturated carbocycles. The van der Waals surface area contributed by atoms with Crippen LogP contribution in [0.3, 0.4) is 0 Å². The smallest absolute Gasteiger partial charge is 0.0367 e. The van der Waals surface area contributed by atoms with Crippen molar-refractivity contribution in [3.05, 3.63) is 27.8 Å². The van der Waals surface area contributed by atoms with Crippen molar-refractivity contribution in [2.45, 2.75) is 32.2 Å². The molecule has 2 nitrogen and oxygen atoms in total. The summed E-state index contributed by atoms with van der Waals surface area (Å²) in [5, 5.41) is 3.65. The third-order valence-corrected chi connectivity index (χ3v) is 4.03. The summed E-state index contributed by atoms with van der Waals surface area (Å²) >= 11 is 2.36. The zero-order valence-corrected chi connectivity index (χ0v) is 12.6. The molecule has 1 fully saturated rings. The van der Waals surface area contributed by atoms with E-state index in [9.17, 15) is 0 Å². The minimum absolute atomic E-state index is 0.654. The number of hydrogen-bond acceptors (Lipinski definition) is 2. The van der Waals surface area contributed by atoms with Crippen LogP contribution in [-0.4, -0.2) is 25.7 Å². The Hall–Kier alpha value is -0.290. The maximum absolute atomic E-state index is 3.65. The number of nitrogens with one attached hydrogen (secondary N) is 1. The van der Waals surface area contributed by atoms with E-state index in [0.717, 1.165) is 13.1 Å². The van der Waals surface area contributed by atoms with Crippen molar-refractivity contribution in [2.24, 2.45) is 0 Å². The van der Waals surface area contributed by atoms with E-state index in [4.69, 9.17) is 0 Å². The topological polar surface area (TPSA) is 15.3 Å². The van der Waals surface area contributed by atoms with Crippen molar-refractivity contribution in [3.8, 4) is 0 Å². The Kier molecular flexibility index (Phi) is 5.10. The number of halogens is 1. The number of nitrogens with zero attached hydrogens (tertiary/aromatic N) is 1. The molecular weight excluding hydrogens is 323 g/mol. The van der Waals surface area contributed by atoms with Gasteiger partial charge in [-0.3, -0.25) is 0 Å². The van der Waals surface area contributed by atoms with Crippen LogP contribution in [0.15, 0.2) is 24.3 Å². The maximum Gasteiger partial charge on any atom is 0.0367 e. The summed E-state index contributed by atoms with van der Waals surface area (Å²) in [6, 6.07) is 9.54. The molecule has 1 aliphatic heterocycles. The van der Waals surface area contributed by atoms with Gasteiger partial charge in [0.2, 0.25) is 0 Å². The van der Waals surface area contributed by atoms with Gasteiger partial charge in [0.25, 0.3) is 0 Å². The van der Waals surface area contributed by atoms with E-state index in [0.29, 0.717) is 6.04 Å². The number of benzene rings is 1. The third kappa shape index (κ3) is 3.85. The van der Waals surface area contributed by atoms with Crippen molar-refractivity contribution < 1.29 is 0 Å².